The minimum absolute atomic E-state index is 0.330. The summed E-state index contributed by atoms with van der Waals surface area (Å²) in [5, 5.41) is 2.83. The minimum Gasteiger partial charge on any atom is -0.436 e. The van der Waals surface area contributed by atoms with Crippen molar-refractivity contribution in [2.24, 2.45) is 0 Å². The van der Waals surface area contributed by atoms with Gasteiger partial charge >= 0.3 is 0 Å². The van der Waals surface area contributed by atoms with Gasteiger partial charge in [-0.3, -0.25) is 4.79 Å². The molecule has 3 aromatic carbocycles. The standard InChI is InChI=1S/C20H13FN2O2/c21-14-11-9-13(10-12-14)19(24)22-16-6-2-1-5-15(16)20-23-17-7-3-4-8-18(17)25-20/h1-12H,(H,22,24). The maximum Gasteiger partial charge on any atom is 0.255 e. The van der Waals surface area contributed by atoms with Crippen molar-refractivity contribution >= 4 is 22.7 Å². The lowest BCUT2D eigenvalue weighted by Crippen LogP contribution is -2.12. The summed E-state index contributed by atoms with van der Waals surface area (Å²) in [5.74, 6) is -0.289. The highest BCUT2D eigenvalue weighted by molar-refractivity contribution is 6.06. The van der Waals surface area contributed by atoms with E-state index in [9.17, 15) is 9.18 Å². The van der Waals surface area contributed by atoms with Crippen molar-refractivity contribution in [1.82, 2.24) is 4.98 Å². The van der Waals surface area contributed by atoms with Gasteiger partial charge in [-0.15, -0.1) is 0 Å². The Kier molecular flexibility index (Phi) is 3.74. The number of hydrogen-bond acceptors (Lipinski definition) is 3. The summed E-state index contributed by atoms with van der Waals surface area (Å²) in [6.45, 7) is 0. The van der Waals surface area contributed by atoms with Gasteiger partial charge in [0.05, 0.1) is 11.3 Å². The molecule has 0 bridgehead atoms. The predicted molar refractivity (Wildman–Crippen MR) is 93.8 cm³/mol. The number of halogens is 1. The normalized spacial score (nSPS) is 10.8. The molecule has 0 unspecified atom stereocenters. The van der Waals surface area contributed by atoms with Gasteiger partial charge in [-0.25, -0.2) is 9.37 Å². The first kappa shape index (κ1) is 15.1. The van der Waals surface area contributed by atoms with E-state index >= 15 is 0 Å². The van der Waals surface area contributed by atoms with E-state index in [4.69, 9.17) is 4.42 Å². The zero-order valence-electron chi connectivity index (χ0n) is 13.1. The molecule has 0 spiro atoms. The number of rotatable bonds is 3. The van der Waals surface area contributed by atoms with Crippen LogP contribution in [-0.4, -0.2) is 10.9 Å². The Morgan fingerprint density at radius 2 is 1.64 bits per heavy atom. The molecule has 0 atom stereocenters. The van der Waals surface area contributed by atoms with Crippen LogP contribution >= 0.6 is 0 Å². The number of para-hydroxylation sites is 3. The molecule has 0 aliphatic heterocycles. The number of nitrogens with one attached hydrogen (secondary N) is 1. The average Bonchev–Trinajstić information content (AvgIpc) is 3.06. The molecule has 1 N–H and O–H groups in total. The Hall–Kier alpha value is -3.47. The van der Waals surface area contributed by atoms with Crippen LogP contribution in [0.15, 0.2) is 77.2 Å². The molecule has 1 aromatic heterocycles. The summed E-state index contributed by atoms with van der Waals surface area (Å²) in [5.41, 5.74) is 3.04. The van der Waals surface area contributed by atoms with Gasteiger partial charge in [0.15, 0.2) is 5.58 Å². The molecular weight excluding hydrogens is 319 g/mol. The van der Waals surface area contributed by atoms with E-state index in [0.29, 0.717) is 28.3 Å². The molecule has 1 heterocycles. The van der Waals surface area contributed by atoms with E-state index in [0.717, 1.165) is 5.52 Å². The maximum atomic E-state index is 13.0. The summed E-state index contributed by atoms with van der Waals surface area (Å²) in [6.07, 6.45) is 0. The SMILES string of the molecule is O=C(Nc1ccccc1-c1nc2ccccc2o1)c1ccc(F)cc1. The van der Waals surface area contributed by atoms with Crippen molar-refractivity contribution in [3.05, 3.63) is 84.2 Å². The molecule has 0 aliphatic carbocycles. The number of benzene rings is 3. The van der Waals surface area contributed by atoms with Crippen molar-refractivity contribution in [2.75, 3.05) is 5.32 Å². The van der Waals surface area contributed by atoms with Gasteiger partial charge in [0.1, 0.15) is 11.3 Å². The van der Waals surface area contributed by atoms with Gasteiger partial charge in [-0.2, -0.15) is 0 Å². The van der Waals surface area contributed by atoms with Crippen molar-refractivity contribution in [3.8, 4) is 11.5 Å². The van der Waals surface area contributed by atoms with Crippen LogP contribution in [-0.2, 0) is 0 Å². The predicted octanol–water partition coefficient (Wildman–Crippen LogP) is 4.89. The maximum absolute atomic E-state index is 13.0. The summed E-state index contributed by atoms with van der Waals surface area (Å²) in [7, 11) is 0. The van der Waals surface area contributed by atoms with E-state index in [1.165, 1.54) is 24.3 Å². The highest BCUT2D eigenvalue weighted by atomic mass is 19.1. The smallest absolute Gasteiger partial charge is 0.255 e. The van der Waals surface area contributed by atoms with Gasteiger partial charge in [-0.05, 0) is 48.5 Å². The number of oxazole rings is 1. The van der Waals surface area contributed by atoms with E-state index in [1.807, 2.05) is 42.5 Å². The summed E-state index contributed by atoms with van der Waals surface area (Å²) in [4.78, 5) is 16.9. The van der Waals surface area contributed by atoms with Crippen LogP contribution in [0.25, 0.3) is 22.6 Å². The fourth-order valence-electron chi connectivity index (χ4n) is 2.56. The third kappa shape index (κ3) is 2.99. The first-order valence-corrected chi connectivity index (χ1v) is 7.72. The zero-order valence-corrected chi connectivity index (χ0v) is 13.1. The molecule has 0 fully saturated rings. The van der Waals surface area contributed by atoms with Crippen LogP contribution in [0, 0.1) is 5.82 Å². The van der Waals surface area contributed by atoms with Crippen molar-refractivity contribution in [3.63, 3.8) is 0 Å². The van der Waals surface area contributed by atoms with Crippen LogP contribution in [0.5, 0.6) is 0 Å². The second-order valence-corrected chi connectivity index (χ2v) is 5.49. The third-order valence-electron chi connectivity index (χ3n) is 3.81. The van der Waals surface area contributed by atoms with Crippen LogP contribution in [0.4, 0.5) is 10.1 Å². The minimum atomic E-state index is -0.386. The summed E-state index contributed by atoms with van der Waals surface area (Å²) < 4.78 is 18.8. The number of anilines is 1. The lowest BCUT2D eigenvalue weighted by molar-refractivity contribution is 0.102. The third-order valence-corrected chi connectivity index (χ3v) is 3.81. The molecule has 25 heavy (non-hydrogen) atoms. The van der Waals surface area contributed by atoms with Crippen molar-refractivity contribution in [1.29, 1.82) is 0 Å². The number of amides is 1. The lowest BCUT2D eigenvalue weighted by atomic mass is 10.1. The number of carbonyl (C=O) groups excluding carboxylic acids is 1. The molecule has 4 aromatic rings. The molecule has 0 saturated heterocycles. The largest absolute Gasteiger partial charge is 0.436 e. The van der Waals surface area contributed by atoms with E-state index in [2.05, 4.69) is 10.3 Å². The Morgan fingerprint density at radius 1 is 0.920 bits per heavy atom. The van der Waals surface area contributed by atoms with Crippen molar-refractivity contribution < 1.29 is 13.6 Å². The summed E-state index contributed by atoms with van der Waals surface area (Å²) in [6, 6.07) is 20.1. The first-order chi connectivity index (χ1) is 12.2. The van der Waals surface area contributed by atoms with Crippen LogP contribution < -0.4 is 5.32 Å². The number of aromatic nitrogens is 1. The fraction of sp³-hybridized carbons (Fsp3) is 0. The van der Waals surface area contributed by atoms with Crippen LogP contribution in [0.1, 0.15) is 10.4 Å². The van der Waals surface area contributed by atoms with Gasteiger partial charge in [0.2, 0.25) is 5.89 Å². The van der Waals surface area contributed by atoms with Gasteiger partial charge in [0.25, 0.3) is 5.91 Å². The van der Waals surface area contributed by atoms with Crippen LogP contribution in [0.2, 0.25) is 0 Å². The van der Waals surface area contributed by atoms with E-state index < -0.39 is 0 Å². The molecule has 5 heteroatoms. The number of fused-ring (bicyclic) bond motifs is 1. The highest BCUT2D eigenvalue weighted by Gasteiger charge is 2.14. The molecule has 1 amide bonds. The van der Waals surface area contributed by atoms with E-state index in [-0.39, 0.29) is 11.7 Å². The second-order valence-electron chi connectivity index (χ2n) is 5.49. The quantitative estimate of drug-likeness (QED) is 0.581. The van der Waals surface area contributed by atoms with Gasteiger partial charge < -0.3 is 9.73 Å². The summed E-state index contributed by atoms with van der Waals surface area (Å²) >= 11 is 0. The molecule has 0 aliphatic rings. The fourth-order valence-corrected chi connectivity index (χ4v) is 2.56. The van der Waals surface area contributed by atoms with E-state index in [1.54, 1.807) is 6.07 Å². The van der Waals surface area contributed by atoms with Gasteiger partial charge in [0, 0.05) is 5.56 Å². The van der Waals surface area contributed by atoms with Crippen molar-refractivity contribution in [2.45, 2.75) is 0 Å². The molecule has 0 saturated carbocycles. The number of carbonyl (C=O) groups is 1. The Labute approximate surface area is 142 Å². The van der Waals surface area contributed by atoms with Crippen LogP contribution in [0.3, 0.4) is 0 Å². The molecule has 122 valence electrons. The Bertz CT molecular complexity index is 1020. The monoisotopic (exact) mass is 332 g/mol. The Balaban J connectivity index is 1.69. The molecule has 4 nitrogen and oxygen atoms in total. The second kappa shape index (κ2) is 6.20. The zero-order chi connectivity index (χ0) is 17.2. The highest BCUT2D eigenvalue weighted by Crippen LogP contribution is 2.30. The lowest BCUT2D eigenvalue weighted by Gasteiger charge is -2.08. The first-order valence-electron chi connectivity index (χ1n) is 7.72. The number of hydrogen-bond donors (Lipinski definition) is 1. The molecule has 4 rings (SSSR count). The molecular formula is C20H13FN2O2. The Morgan fingerprint density at radius 3 is 2.44 bits per heavy atom. The molecule has 0 radical (unpaired) electrons. The average molecular weight is 332 g/mol. The topological polar surface area (TPSA) is 55.1 Å². The number of nitrogens with zero attached hydrogens (tertiary/aromatic N) is 1. The van der Waals surface area contributed by atoms with Gasteiger partial charge in [-0.1, -0.05) is 24.3 Å².